The Bertz CT molecular complexity index is 477. The van der Waals surface area contributed by atoms with E-state index in [2.05, 4.69) is 21.2 Å². The average Bonchev–Trinajstić information content (AvgIpc) is 2.85. The van der Waals surface area contributed by atoms with Crippen molar-refractivity contribution in [2.45, 2.75) is 12.5 Å². The van der Waals surface area contributed by atoms with Gasteiger partial charge in [-0.25, -0.2) is 4.39 Å². The van der Waals surface area contributed by atoms with E-state index < -0.39 is 5.82 Å². The topological polar surface area (TPSA) is 32.3 Å². The molecule has 1 aliphatic heterocycles. The Morgan fingerprint density at radius 1 is 1.61 bits per heavy atom. The summed E-state index contributed by atoms with van der Waals surface area (Å²) < 4.78 is 14.2. The summed E-state index contributed by atoms with van der Waals surface area (Å²) in [5.74, 6) is -0.898. The Morgan fingerprint density at radius 2 is 2.33 bits per heavy atom. The van der Waals surface area contributed by atoms with Gasteiger partial charge in [-0.3, -0.25) is 4.79 Å². The Balaban J connectivity index is 2.25. The molecule has 0 bridgehead atoms. The number of nitrogens with zero attached hydrogens (tertiary/aromatic N) is 1. The van der Waals surface area contributed by atoms with E-state index in [1.807, 2.05) is 0 Å². The van der Waals surface area contributed by atoms with Gasteiger partial charge in [0.15, 0.2) is 0 Å². The number of hydrogen-bond donors (Lipinski definition) is 1. The van der Waals surface area contributed by atoms with Crippen molar-refractivity contribution in [3.63, 3.8) is 0 Å². The summed E-state index contributed by atoms with van der Waals surface area (Å²) in [6.07, 6.45) is 0.883. The number of hydrogen-bond acceptors (Lipinski definition) is 2. The van der Waals surface area contributed by atoms with E-state index in [9.17, 15) is 9.18 Å². The molecule has 1 heterocycles. The van der Waals surface area contributed by atoms with Crippen LogP contribution >= 0.6 is 27.5 Å². The van der Waals surface area contributed by atoms with Crippen LogP contribution < -0.4 is 5.32 Å². The van der Waals surface area contributed by atoms with Crippen molar-refractivity contribution in [1.29, 1.82) is 0 Å². The van der Waals surface area contributed by atoms with Crippen molar-refractivity contribution < 1.29 is 9.18 Å². The van der Waals surface area contributed by atoms with Gasteiger partial charge in [-0.2, -0.15) is 0 Å². The molecule has 0 spiro atoms. The van der Waals surface area contributed by atoms with Crippen LogP contribution in [0.25, 0.3) is 0 Å². The Morgan fingerprint density at radius 3 is 2.94 bits per heavy atom. The zero-order valence-electron chi connectivity index (χ0n) is 9.84. The quantitative estimate of drug-likeness (QED) is 0.843. The maximum atomic E-state index is 13.8. The number of halogens is 3. The third kappa shape index (κ3) is 2.68. The SMILES string of the molecule is CN(C(=O)c1cc(Cl)c(Br)cc1F)[C@@H]1CCNC1. The normalized spacial score (nSPS) is 19.0. The van der Waals surface area contributed by atoms with Crippen LogP contribution in [-0.4, -0.2) is 37.0 Å². The second-order valence-corrected chi connectivity index (χ2v) is 5.57. The molecule has 0 radical (unpaired) electrons. The minimum Gasteiger partial charge on any atom is -0.337 e. The third-order valence-electron chi connectivity index (χ3n) is 3.14. The average molecular weight is 336 g/mol. The van der Waals surface area contributed by atoms with Crippen LogP contribution in [0.4, 0.5) is 4.39 Å². The molecule has 1 fully saturated rings. The van der Waals surface area contributed by atoms with Crippen molar-refractivity contribution in [2.24, 2.45) is 0 Å². The van der Waals surface area contributed by atoms with E-state index in [1.54, 1.807) is 11.9 Å². The summed E-state index contributed by atoms with van der Waals surface area (Å²) in [4.78, 5) is 13.8. The molecule has 1 N–H and O–H groups in total. The first-order chi connectivity index (χ1) is 8.50. The molecule has 1 saturated heterocycles. The molecule has 98 valence electrons. The fourth-order valence-electron chi connectivity index (χ4n) is 2.01. The zero-order chi connectivity index (χ0) is 13.3. The van der Waals surface area contributed by atoms with Crippen molar-refractivity contribution in [2.75, 3.05) is 20.1 Å². The van der Waals surface area contributed by atoms with Crippen LogP contribution in [0, 0.1) is 5.82 Å². The van der Waals surface area contributed by atoms with Crippen molar-refractivity contribution in [1.82, 2.24) is 10.2 Å². The Labute approximate surface area is 118 Å². The van der Waals surface area contributed by atoms with Gasteiger partial charge in [-0.05, 0) is 41.0 Å². The lowest BCUT2D eigenvalue weighted by atomic mass is 10.1. The summed E-state index contributed by atoms with van der Waals surface area (Å²) >= 11 is 9.02. The zero-order valence-corrected chi connectivity index (χ0v) is 12.2. The molecule has 0 aromatic heterocycles. The first-order valence-corrected chi connectivity index (χ1v) is 6.80. The Hall–Kier alpha value is -0.650. The van der Waals surface area contributed by atoms with Crippen molar-refractivity contribution >= 4 is 33.4 Å². The molecule has 6 heteroatoms. The van der Waals surface area contributed by atoms with Crippen LogP contribution in [0.5, 0.6) is 0 Å². The third-order valence-corrected chi connectivity index (χ3v) is 4.34. The molecule has 0 aliphatic carbocycles. The standard InChI is InChI=1S/C12H13BrClFN2O/c1-17(7-2-3-16-6-7)12(18)8-4-10(14)9(13)5-11(8)15/h4-5,7,16H,2-3,6H2,1H3/t7-/m1/s1. The van der Waals surface area contributed by atoms with Crippen LogP contribution in [0.1, 0.15) is 16.8 Å². The molecule has 18 heavy (non-hydrogen) atoms. The number of rotatable bonds is 2. The highest BCUT2D eigenvalue weighted by Gasteiger charge is 2.26. The minimum atomic E-state index is -0.561. The van der Waals surface area contributed by atoms with Gasteiger partial charge in [0.2, 0.25) is 0 Å². The number of carbonyl (C=O) groups excluding carboxylic acids is 1. The van der Waals surface area contributed by atoms with Crippen LogP contribution in [-0.2, 0) is 0 Å². The van der Waals surface area contributed by atoms with Gasteiger partial charge in [0.25, 0.3) is 5.91 Å². The van der Waals surface area contributed by atoms with E-state index in [0.717, 1.165) is 19.5 Å². The molecule has 1 aromatic rings. The smallest absolute Gasteiger partial charge is 0.256 e. The molecule has 1 amide bonds. The van der Waals surface area contributed by atoms with E-state index in [-0.39, 0.29) is 17.5 Å². The first-order valence-electron chi connectivity index (χ1n) is 5.63. The number of benzene rings is 1. The summed E-state index contributed by atoms with van der Waals surface area (Å²) in [7, 11) is 1.69. The van der Waals surface area contributed by atoms with Crippen molar-refractivity contribution in [3.8, 4) is 0 Å². The number of amides is 1. The lowest BCUT2D eigenvalue weighted by Crippen LogP contribution is -2.38. The van der Waals surface area contributed by atoms with Crippen LogP contribution in [0.15, 0.2) is 16.6 Å². The summed E-state index contributed by atoms with van der Waals surface area (Å²) in [6, 6.07) is 2.69. The van der Waals surface area contributed by atoms with Gasteiger partial charge in [0.05, 0.1) is 10.6 Å². The maximum absolute atomic E-state index is 13.8. The maximum Gasteiger partial charge on any atom is 0.256 e. The monoisotopic (exact) mass is 334 g/mol. The van der Waals surface area contributed by atoms with Crippen molar-refractivity contribution in [3.05, 3.63) is 33.0 Å². The highest BCUT2D eigenvalue weighted by molar-refractivity contribution is 9.10. The summed E-state index contributed by atoms with van der Waals surface area (Å²) in [5.41, 5.74) is 0.0117. The number of likely N-dealkylation sites (N-methyl/N-ethyl adjacent to an activating group) is 1. The van der Waals surface area contributed by atoms with E-state index in [0.29, 0.717) is 9.50 Å². The molecule has 1 aromatic carbocycles. The minimum absolute atomic E-state index is 0.0117. The lowest BCUT2D eigenvalue weighted by Gasteiger charge is -2.24. The van der Waals surface area contributed by atoms with Gasteiger partial charge in [0.1, 0.15) is 5.82 Å². The largest absolute Gasteiger partial charge is 0.337 e. The van der Waals surface area contributed by atoms with E-state index in [1.165, 1.54) is 12.1 Å². The highest BCUT2D eigenvalue weighted by Crippen LogP contribution is 2.26. The van der Waals surface area contributed by atoms with Crippen LogP contribution in [0.3, 0.4) is 0 Å². The number of nitrogens with one attached hydrogen (secondary N) is 1. The molecular weight excluding hydrogens is 323 g/mol. The van der Waals surface area contributed by atoms with E-state index >= 15 is 0 Å². The van der Waals surface area contributed by atoms with Gasteiger partial charge in [-0.15, -0.1) is 0 Å². The number of carbonyl (C=O) groups is 1. The molecule has 2 rings (SSSR count). The predicted molar refractivity (Wildman–Crippen MR) is 72.5 cm³/mol. The molecule has 0 saturated carbocycles. The lowest BCUT2D eigenvalue weighted by molar-refractivity contribution is 0.0739. The molecule has 1 aliphatic rings. The summed E-state index contributed by atoms with van der Waals surface area (Å²) in [6.45, 7) is 1.62. The molecule has 3 nitrogen and oxygen atoms in total. The van der Waals surface area contributed by atoms with Gasteiger partial charge < -0.3 is 10.2 Å². The molecule has 0 unspecified atom stereocenters. The predicted octanol–water partition coefficient (Wildman–Crippen LogP) is 2.68. The Kier molecular flexibility index (Phi) is 4.25. The summed E-state index contributed by atoms with van der Waals surface area (Å²) in [5, 5.41) is 3.50. The second kappa shape index (κ2) is 5.55. The van der Waals surface area contributed by atoms with Gasteiger partial charge >= 0.3 is 0 Å². The highest BCUT2D eigenvalue weighted by atomic mass is 79.9. The molecule has 1 atom stereocenters. The fraction of sp³-hybridized carbons (Fsp3) is 0.417. The van der Waals surface area contributed by atoms with E-state index in [4.69, 9.17) is 11.6 Å². The van der Waals surface area contributed by atoms with Crippen LogP contribution in [0.2, 0.25) is 5.02 Å². The van der Waals surface area contributed by atoms with Gasteiger partial charge in [0, 0.05) is 24.1 Å². The fourth-order valence-corrected chi connectivity index (χ4v) is 2.49. The molecular formula is C12H13BrClFN2O. The first kappa shape index (κ1) is 13.8. The second-order valence-electron chi connectivity index (χ2n) is 4.31. The van der Waals surface area contributed by atoms with Gasteiger partial charge in [-0.1, -0.05) is 11.6 Å².